The molecular weight excluding hydrogens is 362 g/mol. The lowest BCUT2D eigenvalue weighted by Crippen LogP contribution is -2.44. The first-order valence-electron chi connectivity index (χ1n) is 6.91. The molecule has 2 aromatic carbocycles. The van der Waals surface area contributed by atoms with Gasteiger partial charge >= 0.3 is 5.97 Å². The van der Waals surface area contributed by atoms with Gasteiger partial charge in [-0.05, 0) is 29.3 Å². The van der Waals surface area contributed by atoms with E-state index in [0.717, 1.165) is 15.6 Å². The van der Waals surface area contributed by atoms with Crippen LogP contribution in [0.3, 0.4) is 0 Å². The number of hydrogen-bond donors (Lipinski definition) is 2. The Morgan fingerprint density at radius 2 is 1.91 bits per heavy atom. The molecule has 2 aromatic rings. The van der Waals surface area contributed by atoms with E-state index in [2.05, 4.69) is 26.0 Å². The number of esters is 1. The number of carbonyl (C=O) groups is 2. The van der Waals surface area contributed by atoms with Crippen molar-refractivity contribution in [2.75, 3.05) is 13.7 Å². The van der Waals surface area contributed by atoms with Crippen LogP contribution in [0.15, 0.2) is 53.0 Å². The van der Waals surface area contributed by atoms with E-state index < -0.39 is 24.5 Å². The standard InChI is InChI=1S/C17H16BrNO4/c1-23-17(22)15(10-20)19-16(21)13-8-7-12(18)9-14(13)11-5-3-2-4-6-11/h2-9,15,20H,10H2,1H3,(H,19,21). The molecule has 0 saturated heterocycles. The smallest absolute Gasteiger partial charge is 0.330 e. The van der Waals surface area contributed by atoms with E-state index in [1.807, 2.05) is 36.4 Å². The van der Waals surface area contributed by atoms with Gasteiger partial charge in [0.15, 0.2) is 6.04 Å². The molecule has 0 fully saturated rings. The first kappa shape index (κ1) is 17.2. The Labute approximate surface area is 142 Å². The van der Waals surface area contributed by atoms with E-state index in [1.54, 1.807) is 12.1 Å². The summed E-state index contributed by atoms with van der Waals surface area (Å²) in [6.45, 7) is -0.532. The number of aliphatic hydroxyl groups excluding tert-OH is 1. The molecule has 0 aliphatic heterocycles. The predicted octanol–water partition coefficient (Wildman–Crippen LogP) is 2.38. The molecule has 2 N–H and O–H groups in total. The summed E-state index contributed by atoms with van der Waals surface area (Å²) < 4.78 is 5.39. The number of rotatable bonds is 5. The van der Waals surface area contributed by atoms with E-state index in [-0.39, 0.29) is 0 Å². The van der Waals surface area contributed by atoms with E-state index in [9.17, 15) is 14.7 Å². The van der Waals surface area contributed by atoms with Crippen molar-refractivity contribution in [3.63, 3.8) is 0 Å². The van der Waals surface area contributed by atoms with Gasteiger partial charge in [-0.2, -0.15) is 0 Å². The zero-order valence-corrected chi connectivity index (χ0v) is 14.0. The molecule has 23 heavy (non-hydrogen) atoms. The van der Waals surface area contributed by atoms with E-state index in [1.165, 1.54) is 7.11 Å². The van der Waals surface area contributed by atoms with Crippen molar-refractivity contribution in [3.8, 4) is 11.1 Å². The van der Waals surface area contributed by atoms with Crippen LogP contribution in [0.2, 0.25) is 0 Å². The summed E-state index contributed by atoms with van der Waals surface area (Å²) in [6.07, 6.45) is 0. The van der Waals surface area contributed by atoms with Crippen LogP contribution in [-0.2, 0) is 9.53 Å². The van der Waals surface area contributed by atoms with Crippen molar-refractivity contribution < 1.29 is 19.4 Å². The van der Waals surface area contributed by atoms with Crippen LogP contribution in [0.5, 0.6) is 0 Å². The number of hydrogen-bond acceptors (Lipinski definition) is 4. The Morgan fingerprint density at radius 1 is 1.22 bits per heavy atom. The molecule has 0 saturated carbocycles. The highest BCUT2D eigenvalue weighted by molar-refractivity contribution is 9.10. The number of benzene rings is 2. The van der Waals surface area contributed by atoms with Gasteiger partial charge in [0, 0.05) is 10.0 Å². The summed E-state index contributed by atoms with van der Waals surface area (Å²) in [4.78, 5) is 24.0. The van der Waals surface area contributed by atoms with Crippen molar-refractivity contribution in [1.82, 2.24) is 5.32 Å². The lowest BCUT2D eigenvalue weighted by molar-refractivity contribution is -0.143. The fraction of sp³-hybridized carbons (Fsp3) is 0.176. The van der Waals surface area contributed by atoms with Gasteiger partial charge in [0.25, 0.3) is 5.91 Å². The average Bonchev–Trinajstić information content (AvgIpc) is 2.59. The van der Waals surface area contributed by atoms with Gasteiger partial charge in [0.2, 0.25) is 0 Å². The molecule has 0 heterocycles. The van der Waals surface area contributed by atoms with Gasteiger partial charge in [-0.15, -0.1) is 0 Å². The number of ether oxygens (including phenoxy) is 1. The van der Waals surface area contributed by atoms with Gasteiger partial charge in [-0.25, -0.2) is 4.79 Å². The second-order valence-electron chi connectivity index (χ2n) is 4.79. The van der Waals surface area contributed by atoms with Crippen LogP contribution in [0.1, 0.15) is 10.4 Å². The molecule has 2 rings (SSSR count). The molecule has 0 bridgehead atoms. The summed E-state index contributed by atoms with van der Waals surface area (Å²) in [5, 5.41) is 11.7. The van der Waals surface area contributed by atoms with Gasteiger partial charge in [-0.1, -0.05) is 46.3 Å². The summed E-state index contributed by atoms with van der Waals surface area (Å²) in [5.74, 6) is -1.15. The Kier molecular flexibility index (Phi) is 5.90. The number of nitrogens with one attached hydrogen (secondary N) is 1. The summed E-state index contributed by atoms with van der Waals surface area (Å²) >= 11 is 3.40. The molecule has 1 unspecified atom stereocenters. The molecule has 1 atom stereocenters. The Morgan fingerprint density at radius 3 is 2.52 bits per heavy atom. The number of aliphatic hydroxyl groups is 1. The number of halogens is 1. The molecule has 0 spiro atoms. The third-order valence-corrected chi connectivity index (χ3v) is 3.78. The minimum atomic E-state index is -1.10. The molecule has 5 nitrogen and oxygen atoms in total. The SMILES string of the molecule is COC(=O)C(CO)NC(=O)c1ccc(Br)cc1-c1ccccc1. The number of methoxy groups -OCH3 is 1. The highest BCUT2D eigenvalue weighted by atomic mass is 79.9. The van der Waals surface area contributed by atoms with Crippen molar-refractivity contribution >= 4 is 27.8 Å². The summed E-state index contributed by atoms with van der Waals surface area (Å²) in [5.41, 5.74) is 2.00. The van der Waals surface area contributed by atoms with Crippen molar-refractivity contribution in [2.45, 2.75) is 6.04 Å². The van der Waals surface area contributed by atoms with E-state index in [0.29, 0.717) is 5.56 Å². The van der Waals surface area contributed by atoms with Crippen LogP contribution in [0.25, 0.3) is 11.1 Å². The third-order valence-electron chi connectivity index (χ3n) is 3.28. The van der Waals surface area contributed by atoms with Gasteiger partial charge in [0.1, 0.15) is 0 Å². The minimum absolute atomic E-state index is 0.404. The quantitative estimate of drug-likeness (QED) is 0.784. The molecule has 0 radical (unpaired) electrons. The molecule has 1 amide bonds. The lowest BCUT2D eigenvalue weighted by atomic mass is 9.99. The highest BCUT2D eigenvalue weighted by Crippen LogP contribution is 2.27. The summed E-state index contributed by atoms with van der Waals surface area (Å²) in [6, 6.07) is 13.6. The minimum Gasteiger partial charge on any atom is -0.467 e. The zero-order chi connectivity index (χ0) is 16.8. The Hall–Kier alpha value is -2.18. The van der Waals surface area contributed by atoms with Crippen LogP contribution < -0.4 is 5.32 Å². The van der Waals surface area contributed by atoms with E-state index >= 15 is 0 Å². The van der Waals surface area contributed by atoms with Gasteiger partial charge < -0.3 is 15.2 Å². The van der Waals surface area contributed by atoms with Crippen LogP contribution >= 0.6 is 15.9 Å². The topological polar surface area (TPSA) is 75.6 Å². The number of amides is 1. The highest BCUT2D eigenvalue weighted by Gasteiger charge is 2.22. The zero-order valence-electron chi connectivity index (χ0n) is 12.5. The second-order valence-corrected chi connectivity index (χ2v) is 5.70. The summed E-state index contributed by atoms with van der Waals surface area (Å²) in [7, 11) is 1.20. The second kappa shape index (κ2) is 7.89. The van der Waals surface area contributed by atoms with Crippen LogP contribution in [0, 0.1) is 0 Å². The van der Waals surface area contributed by atoms with Gasteiger partial charge in [-0.3, -0.25) is 4.79 Å². The van der Waals surface area contributed by atoms with Crippen molar-refractivity contribution in [1.29, 1.82) is 0 Å². The lowest BCUT2D eigenvalue weighted by Gasteiger charge is -2.16. The molecule has 6 heteroatoms. The van der Waals surface area contributed by atoms with Crippen molar-refractivity contribution in [2.24, 2.45) is 0 Å². The first-order chi connectivity index (χ1) is 11.1. The van der Waals surface area contributed by atoms with Crippen molar-refractivity contribution in [3.05, 3.63) is 58.6 Å². The normalized spacial score (nSPS) is 11.6. The first-order valence-corrected chi connectivity index (χ1v) is 7.70. The van der Waals surface area contributed by atoms with E-state index in [4.69, 9.17) is 0 Å². The Bertz CT molecular complexity index is 703. The molecule has 0 aromatic heterocycles. The molecular formula is C17H16BrNO4. The largest absolute Gasteiger partial charge is 0.467 e. The average molecular weight is 378 g/mol. The van der Waals surface area contributed by atoms with Crippen LogP contribution in [-0.4, -0.2) is 36.7 Å². The maximum absolute atomic E-state index is 12.5. The van der Waals surface area contributed by atoms with Gasteiger partial charge in [0.05, 0.1) is 13.7 Å². The molecule has 0 aliphatic carbocycles. The maximum Gasteiger partial charge on any atom is 0.330 e. The predicted molar refractivity (Wildman–Crippen MR) is 89.9 cm³/mol. The monoisotopic (exact) mass is 377 g/mol. The third kappa shape index (κ3) is 4.18. The molecule has 0 aliphatic rings. The van der Waals surface area contributed by atoms with Crippen LogP contribution in [0.4, 0.5) is 0 Å². The fourth-order valence-electron chi connectivity index (χ4n) is 2.13. The molecule has 120 valence electrons. The maximum atomic E-state index is 12.5. The fourth-order valence-corrected chi connectivity index (χ4v) is 2.49. The Balaban J connectivity index is 2.36. The number of carbonyl (C=O) groups excluding carboxylic acids is 2.